The summed E-state index contributed by atoms with van der Waals surface area (Å²) < 4.78 is 21.4. The summed E-state index contributed by atoms with van der Waals surface area (Å²) in [7, 11) is 0. The molecule has 1 fully saturated rings. The molecule has 1 saturated heterocycles. The van der Waals surface area contributed by atoms with Crippen molar-refractivity contribution in [3.05, 3.63) is 0 Å². The number of morpholine rings is 1. The molecule has 1 atom stereocenters. The first-order valence-electron chi connectivity index (χ1n) is 7.85. The van der Waals surface area contributed by atoms with Gasteiger partial charge in [-0.2, -0.15) is 0 Å². The molecule has 134 valence electrons. The number of amides is 1. The van der Waals surface area contributed by atoms with Crippen LogP contribution in [-0.4, -0.2) is 67.2 Å². The number of rotatable bonds is 4. The molecule has 0 N–H and O–H groups in total. The highest BCUT2D eigenvalue weighted by Gasteiger charge is 2.28. The van der Waals surface area contributed by atoms with Crippen LogP contribution in [0, 0.1) is 0 Å². The molecular formula is C16H29NO6. The second kappa shape index (κ2) is 7.97. The van der Waals surface area contributed by atoms with Crippen molar-refractivity contribution in [3.8, 4) is 0 Å². The quantitative estimate of drug-likeness (QED) is 0.733. The minimum Gasteiger partial charge on any atom is -0.458 e. The van der Waals surface area contributed by atoms with Crippen molar-refractivity contribution < 1.29 is 28.5 Å². The van der Waals surface area contributed by atoms with Crippen molar-refractivity contribution >= 4 is 12.1 Å². The zero-order valence-electron chi connectivity index (χ0n) is 15.0. The Labute approximate surface area is 138 Å². The number of esters is 1. The van der Waals surface area contributed by atoms with Crippen LogP contribution < -0.4 is 0 Å². The molecule has 0 aromatic rings. The number of carbonyl (C=O) groups excluding carboxylic acids is 2. The fraction of sp³-hybridized carbons (Fsp3) is 0.875. The van der Waals surface area contributed by atoms with Crippen LogP contribution in [0.5, 0.6) is 0 Å². The summed E-state index contributed by atoms with van der Waals surface area (Å²) in [5.74, 6) is -0.419. The van der Waals surface area contributed by atoms with E-state index >= 15 is 0 Å². The van der Waals surface area contributed by atoms with Crippen LogP contribution in [0.15, 0.2) is 0 Å². The Hall–Kier alpha value is -1.34. The van der Waals surface area contributed by atoms with Gasteiger partial charge in [0.25, 0.3) is 0 Å². The van der Waals surface area contributed by atoms with Gasteiger partial charge in [0.1, 0.15) is 17.8 Å². The van der Waals surface area contributed by atoms with Gasteiger partial charge in [0.2, 0.25) is 0 Å². The molecule has 1 unspecified atom stereocenters. The lowest BCUT2D eigenvalue weighted by Crippen LogP contribution is -2.48. The number of carbonyl (C=O) groups is 2. The van der Waals surface area contributed by atoms with E-state index < -0.39 is 17.2 Å². The van der Waals surface area contributed by atoms with Crippen LogP contribution >= 0.6 is 0 Å². The summed E-state index contributed by atoms with van der Waals surface area (Å²) in [5.41, 5.74) is -1.06. The topological polar surface area (TPSA) is 74.3 Å². The summed E-state index contributed by atoms with van der Waals surface area (Å²) in [6.07, 6.45) is -0.642. The smallest absolute Gasteiger partial charge is 0.410 e. The van der Waals surface area contributed by atoms with Gasteiger partial charge in [-0.25, -0.2) is 9.59 Å². The third-order valence-electron chi connectivity index (χ3n) is 2.73. The predicted molar refractivity (Wildman–Crippen MR) is 84.2 cm³/mol. The Balaban J connectivity index is 2.33. The average molecular weight is 331 g/mol. The molecule has 1 aliphatic rings. The van der Waals surface area contributed by atoms with E-state index in [1.807, 2.05) is 20.8 Å². The highest BCUT2D eigenvalue weighted by atomic mass is 16.6. The van der Waals surface area contributed by atoms with Crippen molar-refractivity contribution in [1.29, 1.82) is 0 Å². The van der Waals surface area contributed by atoms with Gasteiger partial charge in [-0.05, 0) is 41.5 Å². The Kier molecular flexibility index (Phi) is 6.83. The van der Waals surface area contributed by atoms with Crippen LogP contribution in [0.2, 0.25) is 0 Å². The predicted octanol–water partition coefficient (Wildman–Crippen LogP) is 1.98. The Morgan fingerprint density at radius 1 is 1.09 bits per heavy atom. The third-order valence-corrected chi connectivity index (χ3v) is 2.73. The SMILES string of the molecule is CC(C)(C)OC(=O)COCC1CN(C(=O)OC(C)(C)C)CCO1. The minimum absolute atomic E-state index is 0.135. The lowest BCUT2D eigenvalue weighted by Gasteiger charge is -2.34. The van der Waals surface area contributed by atoms with E-state index in [-0.39, 0.29) is 25.4 Å². The molecule has 0 aromatic carbocycles. The van der Waals surface area contributed by atoms with Crippen LogP contribution in [0.25, 0.3) is 0 Å². The summed E-state index contributed by atoms with van der Waals surface area (Å²) in [4.78, 5) is 25.2. The van der Waals surface area contributed by atoms with E-state index in [0.717, 1.165) is 0 Å². The van der Waals surface area contributed by atoms with E-state index in [1.165, 1.54) is 0 Å². The maximum atomic E-state index is 12.0. The highest BCUT2D eigenvalue weighted by Crippen LogP contribution is 2.13. The molecule has 23 heavy (non-hydrogen) atoms. The van der Waals surface area contributed by atoms with Gasteiger partial charge in [-0.15, -0.1) is 0 Å². The maximum absolute atomic E-state index is 12.0. The van der Waals surface area contributed by atoms with Crippen molar-refractivity contribution in [2.24, 2.45) is 0 Å². The van der Waals surface area contributed by atoms with Gasteiger partial charge in [0, 0.05) is 6.54 Å². The number of ether oxygens (including phenoxy) is 4. The first kappa shape index (κ1) is 19.7. The molecule has 1 aliphatic heterocycles. The van der Waals surface area contributed by atoms with E-state index in [9.17, 15) is 9.59 Å². The number of hydrogen-bond donors (Lipinski definition) is 0. The molecular weight excluding hydrogens is 302 g/mol. The summed E-state index contributed by atoms with van der Waals surface area (Å²) in [6, 6.07) is 0. The Morgan fingerprint density at radius 2 is 1.70 bits per heavy atom. The molecule has 0 aromatic heterocycles. The molecule has 7 nitrogen and oxygen atoms in total. The van der Waals surface area contributed by atoms with E-state index in [2.05, 4.69) is 0 Å². The molecule has 1 heterocycles. The standard InChI is InChI=1S/C16H29NO6/c1-15(2,3)22-13(18)11-20-10-12-9-17(7-8-21-12)14(19)23-16(4,5)6/h12H,7-11H2,1-6H3. The fourth-order valence-electron chi connectivity index (χ4n) is 1.96. The summed E-state index contributed by atoms with van der Waals surface area (Å²) >= 11 is 0. The zero-order chi connectivity index (χ0) is 17.7. The number of hydrogen-bond acceptors (Lipinski definition) is 6. The Bertz CT molecular complexity index is 410. The van der Waals surface area contributed by atoms with Crippen molar-refractivity contribution in [1.82, 2.24) is 4.90 Å². The van der Waals surface area contributed by atoms with Crippen LogP contribution in [0.4, 0.5) is 4.79 Å². The van der Waals surface area contributed by atoms with E-state index in [0.29, 0.717) is 19.7 Å². The van der Waals surface area contributed by atoms with E-state index in [1.54, 1.807) is 25.7 Å². The first-order chi connectivity index (χ1) is 10.5. The number of nitrogens with zero attached hydrogens (tertiary/aromatic N) is 1. The van der Waals surface area contributed by atoms with Gasteiger partial charge in [0.05, 0.1) is 25.9 Å². The third kappa shape index (κ3) is 8.76. The molecule has 0 aliphatic carbocycles. The normalized spacial score (nSPS) is 19.4. The van der Waals surface area contributed by atoms with Crippen LogP contribution in [0.3, 0.4) is 0 Å². The molecule has 0 radical (unpaired) electrons. The second-order valence-corrected chi connectivity index (χ2v) is 7.52. The van der Waals surface area contributed by atoms with Crippen molar-refractivity contribution in [2.45, 2.75) is 58.8 Å². The highest BCUT2D eigenvalue weighted by molar-refractivity contribution is 5.71. The molecule has 0 spiro atoms. The molecule has 7 heteroatoms. The average Bonchev–Trinajstić information content (AvgIpc) is 2.35. The lowest BCUT2D eigenvalue weighted by atomic mass is 10.2. The largest absolute Gasteiger partial charge is 0.458 e. The van der Waals surface area contributed by atoms with Crippen molar-refractivity contribution in [3.63, 3.8) is 0 Å². The first-order valence-corrected chi connectivity index (χ1v) is 7.85. The molecule has 1 rings (SSSR count). The second-order valence-electron chi connectivity index (χ2n) is 7.52. The fourth-order valence-corrected chi connectivity index (χ4v) is 1.96. The van der Waals surface area contributed by atoms with Crippen LogP contribution in [0.1, 0.15) is 41.5 Å². The monoisotopic (exact) mass is 331 g/mol. The maximum Gasteiger partial charge on any atom is 0.410 e. The van der Waals surface area contributed by atoms with Gasteiger partial charge in [0.15, 0.2) is 0 Å². The van der Waals surface area contributed by atoms with Crippen molar-refractivity contribution in [2.75, 3.05) is 32.9 Å². The molecule has 1 amide bonds. The van der Waals surface area contributed by atoms with Gasteiger partial charge in [-0.3, -0.25) is 0 Å². The summed E-state index contributed by atoms with van der Waals surface area (Å²) in [5, 5.41) is 0. The van der Waals surface area contributed by atoms with E-state index in [4.69, 9.17) is 18.9 Å². The molecule has 0 bridgehead atoms. The summed E-state index contributed by atoms with van der Waals surface area (Å²) in [6.45, 7) is 12.2. The van der Waals surface area contributed by atoms with Gasteiger partial charge in [-0.1, -0.05) is 0 Å². The minimum atomic E-state index is -0.532. The lowest BCUT2D eigenvalue weighted by molar-refractivity contribution is -0.162. The van der Waals surface area contributed by atoms with Gasteiger partial charge < -0.3 is 23.8 Å². The zero-order valence-corrected chi connectivity index (χ0v) is 15.0. The van der Waals surface area contributed by atoms with Crippen LogP contribution in [-0.2, 0) is 23.7 Å². The Morgan fingerprint density at radius 3 is 2.26 bits per heavy atom. The molecule has 0 saturated carbocycles. The van der Waals surface area contributed by atoms with Gasteiger partial charge >= 0.3 is 12.1 Å².